The number of alkyl halides is 3. The number of piperazine rings is 1. The highest BCUT2D eigenvalue weighted by atomic mass is 19.4. The van der Waals surface area contributed by atoms with Gasteiger partial charge in [-0.2, -0.15) is 13.2 Å². The van der Waals surface area contributed by atoms with Crippen molar-refractivity contribution in [1.29, 1.82) is 5.41 Å². The molecule has 2 fully saturated rings. The van der Waals surface area contributed by atoms with E-state index in [0.29, 0.717) is 26.2 Å². The Morgan fingerprint density at radius 1 is 1.16 bits per heavy atom. The molecule has 0 aromatic carbocycles. The third kappa shape index (κ3) is 7.10. The average molecular weight is 526 g/mol. The van der Waals surface area contributed by atoms with E-state index in [9.17, 15) is 22.8 Å². The maximum absolute atomic E-state index is 13.4. The molecule has 2 aliphatic rings. The SMILES string of the molecule is CC(C)(C)OC(=O)N1CCN(C(=O)CN/C=C(\C=N)c2cc(C(F)(F)F)nc(N3CCC3)n2)CC1(C)C. The van der Waals surface area contributed by atoms with Crippen LogP contribution in [0, 0.1) is 5.41 Å². The monoisotopic (exact) mass is 525 g/mol. The van der Waals surface area contributed by atoms with E-state index in [2.05, 4.69) is 15.3 Å². The fourth-order valence-electron chi connectivity index (χ4n) is 3.96. The summed E-state index contributed by atoms with van der Waals surface area (Å²) in [6.07, 6.45) is -2.09. The van der Waals surface area contributed by atoms with Crippen LogP contribution in [0.25, 0.3) is 5.57 Å². The van der Waals surface area contributed by atoms with Crippen molar-refractivity contribution in [2.24, 2.45) is 0 Å². The number of carbonyl (C=O) groups is 2. The van der Waals surface area contributed by atoms with Crippen LogP contribution in [0.5, 0.6) is 0 Å². The first-order chi connectivity index (χ1) is 17.1. The fraction of sp³-hybridized carbons (Fsp3) is 0.625. The van der Waals surface area contributed by atoms with E-state index in [1.165, 1.54) is 6.20 Å². The first-order valence-electron chi connectivity index (χ1n) is 12.0. The van der Waals surface area contributed by atoms with Gasteiger partial charge in [0.15, 0.2) is 5.69 Å². The van der Waals surface area contributed by atoms with E-state index in [1.807, 2.05) is 13.8 Å². The molecule has 2 amide bonds. The summed E-state index contributed by atoms with van der Waals surface area (Å²) in [6.45, 7) is 10.9. The molecule has 2 saturated heterocycles. The quantitative estimate of drug-likeness (QED) is 0.549. The van der Waals surface area contributed by atoms with Gasteiger partial charge in [0, 0.05) is 50.7 Å². The standard InChI is InChI=1S/C24H34F3N7O3/c1-22(2,3)37-21(36)34-10-9-33(15-23(34,4)5)19(35)14-29-13-16(12-28)17-11-18(24(25,26)27)31-20(30-17)32-7-6-8-32/h11-13,28-29H,6-10,14-15H2,1-5H3/b16-13+,28-12?. The largest absolute Gasteiger partial charge is 0.444 e. The fourth-order valence-corrected chi connectivity index (χ4v) is 3.96. The van der Waals surface area contributed by atoms with Crippen molar-refractivity contribution in [3.63, 3.8) is 0 Å². The minimum absolute atomic E-state index is 0.0370. The lowest BCUT2D eigenvalue weighted by Crippen LogP contribution is -2.63. The van der Waals surface area contributed by atoms with Gasteiger partial charge in [0.2, 0.25) is 11.9 Å². The zero-order chi connectivity index (χ0) is 27.6. The van der Waals surface area contributed by atoms with Crippen LogP contribution >= 0.6 is 0 Å². The molecule has 13 heteroatoms. The Balaban J connectivity index is 1.66. The Morgan fingerprint density at radius 2 is 1.84 bits per heavy atom. The lowest BCUT2D eigenvalue weighted by molar-refractivity contribution is -0.141. The van der Waals surface area contributed by atoms with Crippen LogP contribution in [0.4, 0.5) is 23.9 Å². The summed E-state index contributed by atoms with van der Waals surface area (Å²) in [4.78, 5) is 38.1. The van der Waals surface area contributed by atoms with E-state index in [4.69, 9.17) is 10.1 Å². The molecule has 10 nitrogen and oxygen atoms in total. The van der Waals surface area contributed by atoms with Crippen LogP contribution in [0.3, 0.4) is 0 Å². The second-order valence-corrected chi connectivity index (χ2v) is 10.7. The van der Waals surface area contributed by atoms with E-state index in [1.54, 1.807) is 35.5 Å². The summed E-state index contributed by atoms with van der Waals surface area (Å²) in [5.41, 5.74) is -2.37. The number of ether oxygens (including phenoxy) is 1. The molecule has 1 aromatic heterocycles. The minimum atomic E-state index is -4.66. The van der Waals surface area contributed by atoms with Crippen molar-refractivity contribution in [2.45, 2.75) is 58.4 Å². The van der Waals surface area contributed by atoms with Gasteiger partial charge in [-0.1, -0.05) is 0 Å². The van der Waals surface area contributed by atoms with Crippen molar-refractivity contribution in [3.8, 4) is 0 Å². The molecular formula is C24H34F3N7O3. The molecule has 0 spiro atoms. The van der Waals surface area contributed by atoms with E-state index in [-0.39, 0.29) is 36.2 Å². The van der Waals surface area contributed by atoms with Gasteiger partial charge >= 0.3 is 12.3 Å². The number of hydrogen-bond acceptors (Lipinski definition) is 8. The lowest BCUT2D eigenvalue weighted by atomic mass is 9.99. The second-order valence-electron chi connectivity index (χ2n) is 10.7. The molecule has 2 N–H and O–H groups in total. The molecule has 0 unspecified atom stereocenters. The van der Waals surface area contributed by atoms with E-state index < -0.39 is 29.1 Å². The van der Waals surface area contributed by atoms with Crippen LogP contribution in [0.15, 0.2) is 12.3 Å². The molecule has 2 aliphatic heterocycles. The third-order valence-corrected chi connectivity index (χ3v) is 5.97. The molecule has 0 bridgehead atoms. The van der Waals surface area contributed by atoms with Crippen LogP contribution in [0.1, 0.15) is 52.4 Å². The summed E-state index contributed by atoms with van der Waals surface area (Å²) < 4.78 is 45.7. The number of nitrogens with one attached hydrogen (secondary N) is 2. The van der Waals surface area contributed by atoms with Crippen molar-refractivity contribution in [2.75, 3.05) is 44.2 Å². The molecular weight excluding hydrogens is 491 g/mol. The molecule has 1 aromatic rings. The number of nitrogens with zero attached hydrogens (tertiary/aromatic N) is 5. The number of anilines is 1. The molecule has 37 heavy (non-hydrogen) atoms. The zero-order valence-corrected chi connectivity index (χ0v) is 21.8. The van der Waals surface area contributed by atoms with Gasteiger partial charge in [0.05, 0.1) is 17.8 Å². The zero-order valence-electron chi connectivity index (χ0n) is 21.8. The maximum atomic E-state index is 13.4. The van der Waals surface area contributed by atoms with Gasteiger partial charge in [-0.05, 0) is 47.1 Å². The van der Waals surface area contributed by atoms with Crippen molar-refractivity contribution < 1.29 is 27.5 Å². The summed E-state index contributed by atoms with van der Waals surface area (Å²) in [5, 5.41) is 10.5. The maximum Gasteiger partial charge on any atom is 0.433 e. The molecule has 0 radical (unpaired) electrons. The number of hydrogen-bond donors (Lipinski definition) is 2. The van der Waals surface area contributed by atoms with Crippen LogP contribution in [0.2, 0.25) is 0 Å². The Morgan fingerprint density at radius 3 is 2.35 bits per heavy atom. The first-order valence-corrected chi connectivity index (χ1v) is 12.0. The Kier molecular flexibility index (Phi) is 8.03. The van der Waals surface area contributed by atoms with Gasteiger partial charge in [-0.25, -0.2) is 14.8 Å². The molecule has 3 heterocycles. The highest BCUT2D eigenvalue weighted by Crippen LogP contribution is 2.31. The molecule has 0 atom stereocenters. The van der Waals surface area contributed by atoms with Crippen LogP contribution in [-0.2, 0) is 15.7 Å². The first kappa shape index (κ1) is 28.2. The summed E-state index contributed by atoms with van der Waals surface area (Å²) in [6, 6.07) is 0.794. The Labute approximate surface area is 214 Å². The normalized spacial score (nSPS) is 18.3. The van der Waals surface area contributed by atoms with Crippen molar-refractivity contribution in [1.82, 2.24) is 25.1 Å². The van der Waals surface area contributed by atoms with E-state index in [0.717, 1.165) is 18.7 Å². The minimum Gasteiger partial charge on any atom is -0.444 e. The van der Waals surface area contributed by atoms with Crippen molar-refractivity contribution >= 4 is 29.7 Å². The van der Waals surface area contributed by atoms with Gasteiger partial charge in [-0.15, -0.1) is 0 Å². The summed E-state index contributed by atoms with van der Waals surface area (Å²) >= 11 is 0. The number of allylic oxidation sites excluding steroid dienone is 1. The Hall–Kier alpha value is -3.38. The highest BCUT2D eigenvalue weighted by molar-refractivity contribution is 6.07. The Bertz CT molecular complexity index is 1060. The summed E-state index contributed by atoms with van der Waals surface area (Å²) in [5.74, 6) is -0.289. The number of carbonyl (C=O) groups excluding carboxylic acids is 2. The predicted octanol–water partition coefficient (Wildman–Crippen LogP) is 3.14. The number of aromatic nitrogens is 2. The van der Waals surface area contributed by atoms with Crippen LogP contribution in [-0.4, -0.2) is 88.4 Å². The average Bonchev–Trinajstić information content (AvgIpc) is 2.72. The highest BCUT2D eigenvalue weighted by Gasteiger charge is 2.40. The molecule has 0 saturated carbocycles. The van der Waals surface area contributed by atoms with Crippen LogP contribution < -0.4 is 10.2 Å². The second kappa shape index (κ2) is 10.5. The smallest absolute Gasteiger partial charge is 0.433 e. The molecule has 0 aliphatic carbocycles. The van der Waals surface area contributed by atoms with E-state index >= 15 is 0 Å². The van der Waals surface area contributed by atoms with Gasteiger partial charge < -0.3 is 25.3 Å². The number of halogens is 3. The van der Waals surface area contributed by atoms with Crippen molar-refractivity contribution in [3.05, 3.63) is 23.7 Å². The number of rotatable bonds is 6. The van der Waals surface area contributed by atoms with Gasteiger partial charge in [0.1, 0.15) is 5.60 Å². The molecule has 204 valence electrons. The molecule has 3 rings (SSSR count). The summed E-state index contributed by atoms with van der Waals surface area (Å²) in [7, 11) is 0. The number of amides is 2. The topological polar surface area (TPSA) is 115 Å². The third-order valence-electron chi connectivity index (χ3n) is 5.97. The predicted molar refractivity (Wildman–Crippen MR) is 132 cm³/mol. The van der Waals surface area contributed by atoms with Gasteiger partial charge in [-0.3, -0.25) is 9.69 Å². The lowest BCUT2D eigenvalue weighted by Gasteiger charge is -2.47. The van der Waals surface area contributed by atoms with Gasteiger partial charge in [0.25, 0.3) is 0 Å².